The Balaban J connectivity index is 1.54. The second-order valence-electron chi connectivity index (χ2n) is 7.09. The molecule has 0 aliphatic heterocycles. The molecule has 0 bridgehead atoms. The number of rotatable bonds is 9. The average Bonchev–Trinajstić information content (AvgIpc) is 3.23. The highest BCUT2D eigenvalue weighted by Gasteiger charge is 2.12. The quantitative estimate of drug-likeness (QED) is 0.573. The molecule has 2 aromatic carbocycles. The fourth-order valence-electron chi connectivity index (χ4n) is 2.87. The summed E-state index contributed by atoms with van der Waals surface area (Å²) in [5, 5.41) is 6.92. The van der Waals surface area contributed by atoms with E-state index in [9.17, 15) is 9.59 Å². The molecule has 8 heteroatoms. The van der Waals surface area contributed by atoms with E-state index in [-0.39, 0.29) is 18.4 Å². The van der Waals surface area contributed by atoms with Gasteiger partial charge in [0.1, 0.15) is 19.0 Å². The first-order chi connectivity index (χ1) is 15.0. The predicted molar refractivity (Wildman–Crippen MR) is 118 cm³/mol. The van der Waals surface area contributed by atoms with E-state index in [1.54, 1.807) is 53.3 Å². The summed E-state index contributed by atoms with van der Waals surface area (Å²) in [6, 6.07) is 14.9. The van der Waals surface area contributed by atoms with Crippen LogP contribution in [0.25, 0.3) is 5.69 Å². The molecule has 1 heterocycles. The number of nitrogens with zero attached hydrogens (tertiary/aromatic N) is 3. The van der Waals surface area contributed by atoms with Gasteiger partial charge in [-0.05, 0) is 43.3 Å². The molecule has 0 aliphatic rings. The predicted octanol–water partition coefficient (Wildman–Crippen LogP) is 2.92. The molecular formula is C23H26N4O4. The SMILES string of the molecule is COCC(=O)Nc1cnn(-c2ccc(C(=O)N(C)CCOc3ccc(C)cc3)cc2)c1. The number of ether oxygens (including phenoxy) is 2. The van der Waals surface area contributed by atoms with Crippen molar-refractivity contribution in [3.63, 3.8) is 0 Å². The van der Waals surface area contributed by atoms with Gasteiger partial charge in [-0.2, -0.15) is 5.10 Å². The maximum atomic E-state index is 12.7. The van der Waals surface area contributed by atoms with Crippen LogP contribution in [0.5, 0.6) is 5.75 Å². The summed E-state index contributed by atoms with van der Waals surface area (Å²) < 4.78 is 12.1. The van der Waals surface area contributed by atoms with Crippen molar-refractivity contribution >= 4 is 17.5 Å². The van der Waals surface area contributed by atoms with E-state index in [1.165, 1.54) is 12.7 Å². The van der Waals surface area contributed by atoms with Gasteiger partial charge in [-0.25, -0.2) is 4.68 Å². The van der Waals surface area contributed by atoms with Gasteiger partial charge in [0, 0.05) is 19.7 Å². The Bertz CT molecular complexity index is 1010. The second-order valence-corrected chi connectivity index (χ2v) is 7.09. The van der Waals surface area contributed by atoms with Gasteiger partial charge in [0.05, 0.1) is 30.3 Å². The number of aryl methyl sites for hydroxylation is 1. The summed E-state index contributed by atoms with van der Waals surface area (Å²) in [7, 11) is 3.21. The van der Waals surface area contributed by atoms with Crippen LogP contribution in [0.15, 0.2) is 60.9 Å². The van der Waals surface area contributed by atoms with Gasteiger partial charge in [-0.3, -0.25) is 9.59 Å². The van der Waals surface area contributed by atoms with E-state index in [0.717, 1.165) is 11.4 Å². The van der Waals surface area contributed by atoms with Crippen molar-refractivity contribution in [2.45, 2.75) is 6.92 Å². The topological polar surface area (TPSA) is 85.7 Å². The largest absolute Gasteiger partial charge is 0.492 e. The molecule has 1 N–H and O–H groups in total. The minimum absolute atomic E-state index is 0.0223. The van der Waals surface area contributed by atoms with E-state index in [2.05, 4.69) is 10.4 Å². The maximum Gasteiger partial charge on any atom is 0.253 e. The molecule has 0 unspecified atom stereocenters. The normalized spacial score (nSPS) is 10.5. The first kappa shape index (κ1) is 22.0. The maximum absolute atomic E-state index is 12.7. The molecule has 3 rings (SSSR count). The van der Waals surface area contributed by atoms with Gasteiger partial charge in [0.15, 0.2) is 0 Å². The zero-order valence-electron chi connectivity index (χ0n) is 17.9. The Morgan fingerprint density at radius 3 is 2.48 bits per heavy atom. The average molecular weight is 422 g/mol. The van der Waals surface area contributed by atoms with Gasteiger partial charge in [-0.15, -0.1) is 0 Å². The third kappa shape index (κ3) is 6.16. The molecule has 1 aromatic heterocycles. The standard InChI is InChI=1S/C23H26N4O4/c1-17-4-10-21(11-5-17)31-13-12-26(2)23(29)18-6-8-20(9-7-18)27-15-19(14-24-27)25-22(28)16-30-3/h4-11,14-15H,12-13,16H2,1-3H3,(H,25,28). The van der Waals surface area contributed by atoms with E-state index >= 15 is 0 Å². The summed E-state index contributed by atoms with van der Waals surface area (Å²) in [5.41, 5.74) is 3.08. The lowest BCUT2D eigenvalue weighted by Crippen LogP contribution is -2.30. The Labute approximate surface area is 181 Å². The van der Waals surface area contributed by atoms with Gasteiger partial charge in [0.2, 0.25) is 5.91 Å². The molecule has 0 saturated carbocycles. The molecule has 162 valence electrons. The second kappa shape index (κ2) is 10.4. The lowest BCUT2D eigenvalue weighted by molar-refractivity contribution is -0.119. The van der Waals surface area contributed by atoms with E-state index < -0.39 is 0 Å². The summed E-state index contributed by atoms with van der Waals surface area (Å²) in [6.07, 6.45) is 3.24. The van der Waals surface area contributed by atoms with Crippen molar-refractivity contribution in [1.82, 2.24) is 14.7 Å². The molecular weight excluding hydrogens is 396 g/mol. The number of carbonyl (C=O) groups is 2. The van der Waals surface area contributed by atoms with E-state index in [4.69, 9.17) is 9.47 Å². The third-order valence-electron chi connectivity index (χ3n) is 4.58. The van der Waals surface area contributed by atoms with Crippen LogP contribution in [0.2, 0.25) is 0 Å². The van der Waals surface area contributed by atoms with Crippen LogP contribution in [0.3, 0.4) is 0 Å². The van der Waals surface area contributed by atoms with Gasteiger partial charge in [-0.1, -0.05) is 17.7 Å². The number of carbonyl (C=O) groups excluding carboxylic acids is 2. The molecule has 0 aliphatic carbocycles. The molecule has 2 amide bonds. The number of methoxy groups -OCH3 is 1. The molecule has 0 spiro atoms. The van der Waals surface area contributed by atoms with Crippen LogP contribution in [0.4, 0.5) is 5.69 Å². The molecule has 8 nitrogen and oxygen atoms in total. The molecule has 3 aromatic rings. The van der Waals surface area contributed by atoms with Crippen molar-refractivity contribution in [2.75, 3.05) is 39.2 Å². The van der Waals surface area contributed by atoms with Crippen LogP contribution in [-0.4, -0.2) is 60.4 Å². The minimum Gasteiger partial charge on any atom is -0.492 e. The van der Waals surface area contributed by atoms with Crippen molar-refractivity contribution in [3.8, 4) is 11.4 Å². The minimum atomic E-state index is -0.252. The number of hydrogen-bond acceptors (Lipinski definition) is 5. The van der Waals surface area contributed by atoms with Gasteiger partial charge in [0.25, 0.3) is 5.91 Å². The highest BCUT2D eigenvalue weighted by atomic mass is 16.5. The van der Waals surface area contributed by atoms with Crippen LogP contribution >= 0.6 is 0 Å². The number of likely N-dealkylation sites (N-methyl/N-ethyl adjacent to an activating group) is 1. The van der Waals surface area contributed by atoms with Crippen LogP contribution in [-0.2, 0) is 9.53 Å². The number of hydrogen-bond donors (Lipinski definition) is 1. The fourth-order valence-corrected chi connectivity index (χ4v) is 2.87. The van der Waals surface area contributed by atoms with Crippen molar-refractivity contribution in [2.24, 2.45) is 0 Å². The zero-order chi connectivity index (χ0) is 22.2. The van der Waals surface area contributed by atoms with E-state index in [1.807, 2.05) is 31.2 Å². The Hall–Kier alpha value is -3.65. The molecule has 0 fully saturated rings. The Morgan fingerprint density at radius 1 is 1.10 bits per heavy atom. The lowest BCUT2D eigenvalue weighted by Gasteiger charge is -2.18. The fraction of sp³-hybridized carbons (Fsp3) is 0.261. The zero-order valence-corrected chi connectivity index (χ0v) is 17.9. The summed E-state index contributed by atoms with van der Waals surface area (Å²) in [6.45, 7) is 2.88. The van der Waals surface area contributed by atoms with Crippen molar-refractivity contribution in [3.05, 3.63) is 72.1 Å². The summed E-state index contributed by atoms with van der Waals surface area (Å²) >= 11 is 0. The highest BCUT2D eigenvalue weighted by molar-refractivity contribution is 5.94. The smallest absolute Gasteiger partial charge is 0.253 e. The van der Waals surface area contributed by atoms with Crippen LogP contribution in [0.1, 0.15) is 15.9 Å². The van der Waals surface area contributed by atoms with Gasteiger partial charge < -0.3 is 19.7 Å². The Kier molecular flexibility index (Phi) is 7.40. The van der Waals surface area contributed by atoms with Crippen LogP contribution < -0.4 is 10.1 Å². The van der Waals surface area contributed by atoms with Crippen molar-refractivity contribution < 1.29 is 19.1 Å². The molecule has 31 heavy (non-hydrogen) atoms. The summed E-state index contributed by atoms with van der Waals surface area (Å²) in [5.74, 6) is 0.442. The monoisotopic (exact) mass is 422 g/mol. The van der Waals surface area contributed by atoms with Crippen LogP contribution in [0, 0.1) is 6.92 Å². The van der Waals surface area contributed by atoms with E-state index in [0.29, 0.717) is 24.4 Å². The Morgan fingerprint density at radius 2 is 1.81 bits per heavy atom. The number of aromatic nitrogens is 2. The number of amides is 2. The van der Waals surface area contributed by atoms with Gasteiger partial charge >= 0.3 is 0 Å². The first-order valence-corrected chi connectivity index (χ1v) is 9.85. The lowest BCUT2D eigenvalue weighted by atomic mass is 10.2. The highest BCUT2D eigenvalue weighted by Crippen LogP contribution is 2.14. The number of anilines is 1. The first-order valence-electron chi connectivity index (χ1n) is 9.85. The molecule has 0 atom stereocenters. The third-order valence-corrected chi connectivity index (χ3v) is 4.58. The summed E-state index contributed by atoms with van der Waals surface area (Å²) in [4.78, 5) is 25.9. The van der Waals surface area contributed by atoms with Crippen molar-refractivity contribution in [1.29, 1.82) is 0 Å². The number of benzene rings is 2. The molecule has 0 saturated heterocycles. The molecule has 0 radical (unpaired) electrons. The number of nitrogens with one attached hydrogen (secondary N) is 1.